The number of hydrogen-bond donors (Lipinski definition) is 1. The van der Waals surface area contributed by atoms with Crippen LogP contribution < -0.4 is 5.32 Å². The predicted octanol–water partition coefficient (Wildman–Crippen LogP) is 3.99. The predicted molar refractivity (Wildman–Crippen MR) is 96.6 cm³/mol. The normalized spacial score (nSPS) is 13.6. The van der Waals surface area contributed by atoms with Gasteiger partial charge in [-0.2, -0.15) is 18.3 Å². The summed E-state index contributed by atoms with van der Waals surface area (Å²) in [5.41, 5.74) is 0.493. The molecule has 9 heteroatoms. The van der Waals surface area contributed by atoms with Crippen molar-refractivity contribution in [3.63, 3.8) is 0 Å². The smallest absolute Gasteiger partial charge is 0.435 e. The van der Waals surface area contributed by atoms with Crippen molar-refractivity contribution in [3.05, 3.63) is 47.8 Å². The van der Waals surface area contributed by atoms with Gasteiger partial charge in [-0.1, -0.05) is 32.0 Å². The Morgan fingerprint density at radius 3 is 2.50 bits per heavy atom. The number of anilines is 1. The molecule has 2 aromatic rings. The molecule has 0 aliphatic heterocycles. The molecule has 1 aromatic heterocycles. The van der Waals surface area contributed by atoms with E-state index in [0.717, 1.165) is 28.9 Å². The number of halogens is 3. The van der Waals surface area contributed by atoms with Gasteiger partial charge in [-0.3, -0.25) is 14.3 Å². The van der Waals surface area contributed by atoms with Gasteiger partial charge in [0.1, 0.15) is 6.54 Å². The van der Waals surface area contributed by atoms with Crippen molar-refractivity contribution >= 4 is 17.6 Å². The minimum Gasteiger partial charge on any atom is -0.451 e. The highest BCUT2D eigenvalue weighted by Crippen LogP contribution is 2.27. The summed E-state index contributed by atoms with van der Waals surface area (Å²) in [7, 11) is 0. The first-order valence-electron chi connectivity index (χ1n) is 8.81. The summed E-state index contributed by atoms with van der Waals surface area (Å²) in [5.74, 6) is -1.16. The van der Waals surface area contributed by atoms with E-state index in [1.807, 2.05) is 26.0 Å². The van der Waals surface area contributed by atoms with Crippen LogP contribution >= 0.6 is 0 Å². The Kier molecular flexibility index (Phi) is 6.82. The van der Waals surface area contributed by atoms with E-state index in [2.05, 4.69) is 10.4 Å². The van der Waals surface area contributed by atoms with Crippen LogP contribution in [0.1, 0.15) is 44.4 Å². The fourth-order valence-corrected chi connectivity index (χ4v) is 2.52. The van der Waals surface area contributed by atoms with Gasteiger partial charge in [-0.25, -0.2) is 0 Å². The highest BCUT2D eigenvalue weighted by molar-refractivity contribution is 5.95. The van der Waals surface area contributed by atoms with E-state index in [1.165, 1.54) is 6.92 Å². The molecule has 1 amide bonds. The van der Waals surface area contributed by atoms with E-state index in [9.17, 15) is 22.8 Å². The summed E-state index contributed by atoms with van der Waals surface area (Å²) in [5, 5.41) is 6.00. The van der Waals surface area contributed by atoms with Crippen molar-refractivity contribution in [2.45, 2.75) is 51.9 Å². The van der Waals surface area contributed by atoms with Gasteiger partial charge in [0, 0.05) is 11.9 Å². The molecule has 1 N–H and O–H groups in total. The summed E-state index contributed by atoms with van der Waals surface area (Å²) >= 11 is 0. The van der Waals surface area contributed by atoms with Crippen LogP contribution in [0.5, 0.6) is 0 Å². The molecule has 0 fully saturated rings. The minimum absolute atomic E-state index is 0.233. The molecule has 0 aliphatic carbocycles. The third-order valence-corrected chi connectivity index (χ3v) is 4.26. The van der Waals surface area contributed by atoms with Crippen LogP contribution in [0.25, 0.3) is 0 Å². The number of carbonyl (C=O) groups is 2. The van der Waals surface area contributed by atoms with Crippen molar-refractivity contribution in [3.8, 4) is 0 Å². The Hall–Kier alpha value is -2.84. The molecule has 0 saturated carbocycles. The first kappa shape index (κ1) is 21.5. The first-order chi connectivity index (χ1) is 13.1. The number of nitrogens with zero attached hydrogens (tertiary/aromatic N) is 2. The van der Waals surface area contributed by atoms with Crippen LogP contribution in [0, 0.1) is 0 Å². The third-order valence-electron chi connectivity index (χ3n) is 4.26. The summed E-state index contributed by atoms with van der Waals surface area (Å²) in [6, 6.07) is 8.09. The Morgan fingerprint density at radius 2 is 1.89 bits per heavy atom. The number of nitrogens with one attached hydrogen (secondary N) is 1. The van der Waals surface area contributed by atoms with E-state index in [0.29, 0.717) is 5.69 Å². The summed E-state index contributed by atoms with van der Waals surface area (Å²) < 4.78 is 43.4. The molecule has 28 heavy (non-hydrogen) atoms. The number of benzene rings is 1. The fourth-order valence-electron chi connectivity index (χ4n) is 2.52. The van der Waals surface area contributed by atoms with Crippen LogP contribution in [0.4, 0.5) is 18.9 Å². The number of ether oxygens (including phenoxy) is 1. The number of esters is 1. The first-order valence-corrected chi connectivity index (χ1v) is 8.81. The maximum absolute atomic E-state index is 12.5. The number of hydrogen-bond acceptors (Lipinski definition) is 4. The lowest BCUT2D eigenvalue weighted by Crippen LogP contribution is -2.31. The van der Waals surface area contributed by atoms with Crippen LogP contribution in [0.15, 0.2) is 36.5 Å². The van der Waals surface area contributed by atoms with Crippen molar-refractivity contribution in [1.82, 2.24) is 9.78 Å². The number of rotatable bonds is 7. The topological polar surface area (TPSA) is 73.2 Å². The second-order valence-electron chi connectivity index (χ2n) is 6.41. The lowest BCUT2D eigenvalue weighted by atomic mass is 9.97. The molecule has 0 radical (unpaired) electrons. The second-order valence-corrected chi connectivity index (χ2v) is 6.41. The van der Waals surface area contributed by atoms with Gasteiger partial charge >= 0.3 is 12.1 Å². The third kappa shape index (κ3) is 5.58. The monoisotopic (exact) mass is 397 g/mol. The zero-order chi connectivity index (χ0) is 20.9. The SMILES string of the molecule is CCC(C)c1ccccc1NC(=O)C(C)OC(=O)Cn1ccc(C(F)(F)F)n1. The molecular weight excluding hydrogens is 375 g/mol. The van der Waals surface area contributed by atoms with E-state index >= 15 is 0 Å². The lowest BCUT2D eigenvalue weighted by Gasteiger charge is -2.18. The van der Waals surface area contributed by atoms with Crippen LogP contribution in [0.3, 0.4) is 0 Å². The van der Waals surface area contributed by atoms with Crippen molar-refractivity contribution in [1.29, 1.82) is 0 Å². The van der Waals surface area contributed by atoms with E-state index in [-0.39, 0.29) is 5.92 Å². The standard InChI is InChI=1S/C19H22F3N3O3/c1-4-12(2)14-7-5-6-8-15(14)23-18(27)13(3)28-17(26)11-25-10-9-16(24-25)19(20,21)22/h5-10,12-13H,4,11H2,1-3H3,(H,23,27). The van der Waals surface area contributed by atoms with Crippen LogP contribution in [-0.2, 0) is 27.0 Å². The van der Waals surface area contributed by atoms with Crippen LogP contribution in [-0.4, -0.2) is 27.8 Å². The number of aromatic nitrogens is 2. The molecule has 0 spiro atoms. The van der Waals surface area contributed by atoms with Gasteiger partial charge in [0.05, 0.1) is 0 Å². The molecule has 1 aromatic carbocycles. The quantitative estimate of drug-likeness (QED) is 0.717. The molecular formula is C19H22F3N3O3. The number of carbonyl (C=O) groups excluding carboxylic acids is 2. The molecule has 1 heterocycles. The van der Waals surface area contributed by atoms with Gasteiger partial charge in [0.25, 0.3) is 5.91 Å². The Labute approximate surface area is 160 Å². The average molecular weight is 397 g/mol. The highest BCUT2D eigenvalue weighted by Gasteiger charge is 2.33. The summed E-state index contributed by atoms with van der Waals surface area (Å²) in [6.45, 7) is 4.93. The van der Waals surface area contributed by atoms with E-state index in [1.54, 1.807) is 12.1 Å². The number of para-hydroxylation sites is 1. The maximum atomic E-state index is 12.5. The molecule has 0 bridgehead atoms. The zero-order valence-corrected chi connectivity index (χ0v) is 15.8. The van der Waals surface area contributed by atoms with E-state index < -0.39 is 36.4 Å². The van der Waals surface area contributed by atoms with Gasteiger partial charge in [0.15, 0.2) is 11.8 Å². The summed E-state index contributed by atoms with van der Waals surface area (Å²) in [6.07, 6.45) is -3.79. The second kappa shape index (κ2) is 8.90. The molecule has 0 saturated heterocycles. The summed E-state index contributed by atoms with van der Waals surface area (Å²) in [4.78, 5) is 24.3. The van der Waals surface area contributed by atoms with Gasteiger partial charge in [0.2, 0.25) is 0 Å². The average Bonchev–Trinajstić information content (AvgIpc) is 3.10. The lowest BCUT2D eigenvalue weighted by molar-refractivity contribution is -0.154. The van der Waals surface area contributed by atoms with Gasteiger partial charge in [-0.15, -0.1) is 0 Å². The van der Waals surface area contributed by atoms with E-state index in [4.69, 9.17) is 4.74 Å². The molecule has 152 valence electrons. The zero-order valence-electron chi connectivity index (χ0n) is 15.8. The molecule has 6 nitrogen and oxygen atoms in total. The van der Waals surface area contributed by atoms with Crippen molar-refractivity contribution < 1.29 is 27.5 Å². The fraction of sp³-hybridized carbons (Fsp3) is 0.421. The largest absolute Gasteiger partial charge is 0.451 e. The Morgan fingerprint density at radius 1 is 1.21 bits per heavy atom. The minimum atomic E-state index is -4.59. The van der Waals surface area contributed by atoms with Crippen LogP contribution in [0.2, 0.25) is 0 Å². The Balaban J connectivity index is 1.95. The molecule has 2 rings (SSSR count). The highest BCUT2D eigenvalue weighted by atomic mass is 19.4. The molecule has 0 aliphatic rings. The van der Waals surface area contributed by atoms with Gasteiger partial charge in [-0.05, 0) is 37.0 Å². The maximum Gasteiger partial charge on any atom is 0.435 e. The van der Waals surface area contributed by atoms with Gasteiger partial charge < -0.3 is 10.1 Å². The Bertz CT molecular complexity index is 833. The number of amides is 1. The van der Waals surface area contributed by atoms with Crippen molar-refractivity contribution in [2.75, 3.05) is 5.32 Å². The molecule has 2 unspecified atom stereocenters. The van der Waals surface area contributed by atoms with Crippen molar-refractivity contribution in [2.24, 2.45) is 0 Å². The molecule has 2 atom stereocenters. The number of alkyl halides is 3.